The molecule has 6 rings (SSSR count). The Labute approximate surface area is 426 Å². The smallest absolute Gasteiger partial charge is 0.395 e. The molecule has 0 saturated carbocycles. The number of H-pyrrole nitrogens is 1. The normalized spacial score (nSPS) is 13.5. The molecule has 0 fully saturated rings. The molecule has 2 aromatic carbocycles. The summed E-state index contributed by atoms with van der Waals surface area (Å²) in [4.78, 5) is 59.2. The first-order chi connectivity index (χ1) is 33.8. The van der Waals surface area contributed by atoms with Crippen LogP contribution in [0.3, 0.4) is 0 Å². The largest absolute Gasteiger partial charge is 0.405 e. The van der Waals surface area contributed by atoms with Gasteiger partial charge in [0.25, 0.3) is 13.1 Å². The van der Waals surface area contributed by atoms with E-state index in [0.29, 0.717) is 47.3 Å². The summed E-state index contributed by atoms with van der Waals surface area (Å²) in [5.74, 6) is 1.26. The molecule has 0 amide bonds. The topological polar surface area (TPSA) is 312 Å². The number of thioether (sulfide) groups is 2. The van der Waals surface area contributed by atoms with Gasteiger partial charge in [0.2, 0.25) is 5.12 Å². The molecule has 0 bridgehead atoms. The number of aliphatic hydroxyl groups excluding tert-OH is 1. The van der Waals surface area contributed by atoms with Crippen LogP contribution in [0.2, 0.25) is 0 Å². The summed E-state index contributed by atoms with van der Waals surface area (Å²) >= 11 is 1.94. The van der Waals surface area contributed by atoms with Gasteiger partial charge in [0.05, 0.1) is 57.7 Å². The van der Waals surface area contributed by atoms with E-state index in [1.807, 2.05) is 60.7 Å². The Morgan fingerprint density at radius 3 is 2.01 bits per heavy atom. The zero-order valence-electron chi connectivity index (χ0n) is 40.1. The molecule has 0 radical (unpaired) electrons. The van der Waals surface area contributed by atoms with Gasteiger partial charge in [-0.3, -0.25) is 32.6 Å². The van der Waals surface area contributed by atoms with E-state index in [1.165, 1.54) is 26.5 Å². The number of ether oxygens (including phenoxy) is 2. The Balaban J connectivity index is 0.000000308. The van der Waals surface area contributed by atoms with Crippen LogP contribution in [0.15, 0.2) is 84.4 Å². The second-order valence-corrected chi connectivity index (χ2v) is 22.8. The molecule has 0 aliphatic carbocycles. The third kappa shape index (κ3) is 19.0. The lowest BCUT2D eigenvalue weighted by molar-refractivity contribution is -0.124. The molecule has 0 aliphatic heterocycles. The van der Waals surface area contributed by atoms with Crippen molar-refractivity contribution in [3.63, 3.8) is 0 Å². The zero-order chi connectivity index (χ0) is 51.5. The first-order valence-electron chi connectivity index (χ1n) is 22.2. The van der Waals surface area contributed by atoms with E-state index >= 15 is 0 Å². The number of rotatable bonds is 28. The van der Waals surface area contributed by atoms with Crippen LogP contribution in [0.5, 0.6) is 0 Å². The van der Waals surface area contributed by atoms with Crippen LogP contribution < -0.4 is 21.5 Å². The first kappa shape index (κ1) is 59.8. The van der Waals surface area contributed by atoms with Crippen molar-refractivity contribution in [2.75, 3.05) is 63.2 Å². The highest BCUT2D eigenvalue weighted by Gasteiger charge is 2.29. The van der Waals surface area contributed by atoms with E-state index in [4.69, 9.17) is 28.8 Å². The SMILES string of the molecule is C.CC(C)(CO)C(=O)SCCOP(=O)(COCCn1cnc2c(N)ncnc21)NCc1ccccc1.Cc1nc2c(ncn2COCCOP(=O)(NCc2ccccc2)OCCSC(=O)C(C)(C)O)c(=O)[nH]1. The van der Waals surface area contributed by atoms with Gasteiger partial charge in [0.15, 0.2) is 27.7 Å². The number of hydrogen-bond acceptors (Lipinski definition) is 20. The Morgan fingerprint density at radius 1 is 0.764 bits per heavy atom. The quantitative estimate of drug-likeness (QED) is 0.0255. The number of nitrogens with two attached hydrogens (primary N) is 1. The number of carbonyl (C=O) groups excluding carboxylic acids is 2. The van der Waals surface area contributed by atoms with Gasteiger partial charge in [-0.1, -0.05) is 91.6 Å². The lowest BCUT2D eigenvalue weighted by Crippen LogP contribution is -2.29. The van der Waals surface area contributed by atoms with E-state index in [9.17, 15) is 33.7 Å². The van der Waals surface area contributed by atoms with E-state index in [0.717, 1.165) is 34.7 Å². The maximum absolute atomic E-state index is 13.5. The van der Waals surface area contributed by atoms with Crippen molar-refractivity contribution >= 4 is 77.2 Å². The molecule has 23 nitrogen and oxygen atoms in total. The average Bonchev–Trinajstić information content (AvgIpc) is 3.97. The van der Waals surface area contributed by atoms with Crippen molar-refractivity contribution < 1.29 is 52.0 Å². The van der Waals surface area contributed by atoms with Gasteiger partial charge in [-0.05, 0) is 45.7 Å². The minimum Gasteiger partial charge on any atom is -0.395 e. The second kappa shape index (κ2) is 28.7. The Hall–Kier alpha value is -4.72. The molecular formula is C45H65N11O12P2S2. The van der Waals surface area contributed by atoms with Gasteiger partial charge in [-0.25, -0.2) is 39.7 Å². The van der Waals surface area contributed by atoms with Crippen molar-refractivity contribution in [1.29, 1.82) is 0 Å². The minimum atomic E-state index is -3.73. The number of benzene rings is 2. The molecule has 2 atom stereocenters. The van der Waals surface area contributed by atoms with Crippen LogP contribution in [-0.4, -0.2) is 123 Å². The van der Waals surface area contributed by atoms with Gasteiger partial charge in [-0.15, -0.1) is 0 Å². The number of anilines is 1. The Kier molecular flexibility index (Phi) is 23.8. The summed E-state index contributed by atoms with van der Waals surface area (Å²) < 4.78 is 58.1. The molecule has 4 heterocycles. The summed E-state index contributed by atoms with van der Waals surface area (Å²) in [6, 6.07) is 18.9. The van der Waals surface area contributed by atoms with Crippen LogP contribution in [0.25, 0.3) is 22.3 Å². The van der Waals surface area contributed by atoms with Gasteiger partial charge in [0, 0.05) is 31.1 Å². The predicted molar refractivity (Wildman–Crippen MR) is 278 cm³/mol. The number of aromatic nitrogens is 8. The summed E-state index contributed by atoms with van der Waals surface area (Å²) in [7, 11) is -7.10. The molecule has 27 heteroatoms. The number of nitrogens with zero attached hydrogens (tertiary/aromatic N) is 7. The lowest BCUT2D eigenvalue weighted by Gasteiger charge is -2.21. The van der Waals surface area contributed by atoms with Crippen molar-refractivity contribution in [3.8, 4) is 0 Å². The molecule has 2 unspecified atom stereocenters. The maximum Gasteiger partial charge on any atom is 0.405 e. The third-order valence-corrected chi connectivity index (χ3v) is 15.5. The highest BCUT2D eigenvalue weighted by atomic mass is 32.2. The van der Waals surface area contributed by atoms with Gasteiger partial charge >= 0.3 is 7.75 Å². The zero-order valence-corrected chi connectivity index (χ0v) is 43.5. The van der Waals surface area contributed by atoms with Gasteiger partial charge in [0.1, 0.15) is 36.3 Å². The molecule has 4 aromatic heterocycles. The number of carbonyl (C=O) groups is 2. The van der Waals surface area contributed by atoms with E-state index in [2.05, 4.69) is 40.1 Å². The van der Waals surface area contributed by atoms with Crippen molar-refractivity contribution in [2.45, 2.75) is 74.0 Å². The fraction of sp³-hybridized carbons (Fsp3) is 0.467. The lowest BCUT2D eigenvalue weighted by atomic mass is 9.97. The van der Waals surface area contributed by atoms with Crippen molar-refractivity contribution in [2.24, 2.45) is 5.41 Å². The molecule has 7 N–H and O–H groups in total. The van der Waals surface area contributed by atoms with Gasteiger partial charge < -0.3 is 39.5 Å². The van der Waals surface area contributed by atoms with Crippen LogP contribution in [0.4, 0.5) is 5.82 Å². The number of hydrogen-bond donors (Lipinski definition) is 6. The molecule has 0 aliphatic rings. The average molecular weight is 1080 g/mol. The van der Waals surface area contributed by atoms with Crippen molar-refractivity contribution in [3.05, 3.63) is 107 Å². The van der Waals surface area contributed by atoms with Crippen LogP contribution in [-0.2, 0) is 68.1 Å². The summed E-state index contributed by atoms with van der Waals surface area (Å²) in [6.45, 7) is 8.98. The second-order valence-electron chi connectivity index (χ2n) is 16.7. The summed E-state index contributed by atoms with van der Waals surface area (Å²) in [5, 5.41) is 24.3. The standard InChI is InChI=1S/C22H31N6O5PS.C22H30N5O7PS.CH4/c1-22(2,13-29)21(30)35-11-10-33-34(31,27-12-17-6-4-3-5-7-17)16-32-9-8-28-15-26-18-19(23)24-14-25-20(18)28;1-16-25-19-18(20(28)26-16)23-14-27(19)15-32-9-10-33-35(31,24-13-17-7-5-4-6-8-17)34-11-12-36-21(29)22(2,3)30;/h3-7,14-15,29H,8-13,16H2,1-2H3,(H,27,31)(H2,23,24,25);4-8,14,30H,9-13,15H2,1-3H3,(H,24,31)(H,25,26,28);1H4. The number of aryl methyl sites for hydroxylation is 1. The maximum atomic E-state index is 13.5. The first-order valence-corrected chi connectivity index (χ1v) is 27.5. The van der Waals surface area contributed by atoms with Gasteiger partial charge in [-0.2, -0.15) is 0 Å². The van der Waals surface area contributed by atoms with E-state index in [-0.39, 0.29) is 88.6 Å². The number of nitrogens with one attached hydrogen (secondary N) is 3. The molecular weight excluding hydrogens is 1010 g/mol. The molecule has 0 saturated heterocycles. The monoisotopic (exact) mass is 1080 g/mol. The minimum absolute atomic E-state index is 0. The highest BCUT2D eigenvalue weighted by Crippen LogP contribution is 2.44. The fourth-order valence-corrected chi connectivity index (χ4v) is 10.3. The molecule has 0 spiro atoms. The number of fused-ring (bicyclic) bond motifs is 2. The van der Waals surface area contributed by atoms with Crippen LogP contribution in [0.1, 0.15) is 52.1 Å². The molecule has 6 aromatic rings. The predicted octanol–water partition coefficient (Wildman–Crippen LogP) is 5.66. The highest BCUT2D eigenvalue weighted by molar-refractivity contribution is 8.14. The molecule has 394 valence electrons. The van der Waals surface area contributed by atoms with Crippen LogP contribution >= 0.6 is 38.8 Å². The number of nitrogen functional groups attached to an aromatic ring is 1. The summed E-state index contributed by atoms with van der Waals surface area (Å²) in [6.07, 6.45) is 4.28. The fourth-order valence-electron chi connectivity index (χ4n) is 5.84. The van der Waals surface area contributed by atoms with E-state index < -0.39 is 31.4 Å². The van der Waals surface area contributed by atoms with E-state index in [1.54, 1.807) is 36.2 Å². The summed E-state index contributed by atoms with van der Waals surface area (Å²) in [5.41, 5.74) is 6.74. The third-order valence-electron chi connectivity index (χ3n) is 9.81. The molecule has 72 heavy (non-hydrogen) atoms. The number of aromatic amines is 1. The van der Waals surface area contributed by atoms with Crippen molar-refractivity contribution in [1.82, 2.24) is 49.2 Å². The Morgan fingerprint density at radius 2 is 1.36 bits per heavy atom. The van der Waals surface area contributed by atoms with Crippen LogP contribution in [0, 0.1) is 12.3 Å². The Bertz CT molecular complexity index is 2800. The number of imidazole rings is 2. The number of aliphatic hydroxyl groups is 2.